The number of hydrogen-bond acceptors (Lipinski definition) is 5. The lowest BCUT2D eigenvalue weighted by molar-refractivity contribution is -0.00461. The summed E-state index contributed by atoms with van der Waals surface area (Å²) in [5, 5.41) is 3.42. The Labute approximate surface area is 124 Å². The monoisotopic (exact) mass is 295 g/mol. The predicted octanol–water partition coefficient (Wildman–Crippen LogP) is 1.32. The van der Waals surface area contributed by atoms with Crippen molar-refractivity contribution >= 4 is 5.82 Å². The molecule has 0 aromatic carbocycles. The molecule has 1 saturated heterocycles. The maximum atomic E-state index is 13.5. The Bertz CT molecular complexity index is 484. The van der Waals surface area contributed by atoms with E-state index < -0.39 is 0 Å². The van der Waals surface area contributed by atoms with E-state index in [0.717, 1.165) is 11.4 Å². The summed E-state index contributed by atoms with van der Waals surface area (Å²) in [5.74, 6) is 0.531. The molecule has 1 aliphatic heterocycles. The number of ether oxygens (including phenoxy) is 2. The van der Waals surface area contributed by atoms with Gasteiger partial charge in [-0.3, -0.25) is 0 Å². The first-order valence-electron chi connectivity index (χ1n) is 7.39. The number of nitrogens with one attached hydrogen (secondary N) is 1. The number of aromatic nitrogens is 1. The minimum Gasteiger partial charge on any atom is -0.377 e. The van der Waals surface area contributed by atoms with Crippen LogP contribution < -0.4 is 10.2 Å². The topological polar surface area (TPSA) is 46.6 Å². The minimum atomic E-state index is -0.294. The second-order valence-electron chi connectivity index (χ2n) is 5.74. The first-order chi connectivity index (χ1) is 10.2. The van der Waals surface area contributed by atoms with Crippen LogP contribution in [0.3, 0.4) is 0 Å². The van der Waals surface area contributed by atoms with E-state index >= 15 is 0 Å². The van der Waals surface area contributed by atoms with Crippen molar-refractivity contribution in [2.45, 2.75) is 37.6 Å². The minimum absolute atomic E-state index is 0.0195. The summed E-state index contributed by atoms with van der Waals surface area (Å²) >= 11 is 0. The Hall–Kier alpha value is -1.24. The van der Waals surface area contributed by atoms with Crippen molar-refractivity contribution in [2.24, 2.45) is 0 Å². The van der Waals surface area contributed by atoms with Gasteiger partial charge in [-0.15, -0.1) is 0 Å². The largest absolute Gasteiger partial charge is 0.377 e. The molecule has 0 radical (unpaired) electrons. The standard InChI is InChI=1S/C15H22FN3O2/c1-20-13-8-19(9-14(13)21-2)15-10(5-11(16)7-18-15)6-17-12-3-4-12/h5,7,12-14,17H,3-4,6,8-9H2,1-2H3. The normalized spacial score (nSPS) is 25.6. The molecule has 116 valence electrons. The fraction of sp³-hybridized carbons (Fsp3) is 0.667. The van der Waals surface area contributed by atoms with Crippen molar-refractivity contribution in [3.8, 4) is 0 Å². The Kier molecular flexibility index (Phi) is 4.37. The smallest absolute Gasteiger partial charge is 0.141 e. The Balaban J connectivity index is 1.77. The molecule has 0 bridgehead atoms. The lowest BCUT2D eigenvalue weighted by Crippen LogP contribution is -2.27. The lowest BCUT2D eigenvalue weighted by atomic mass is 10.2. The lowest BCUT2D eigenvalue weighted by Gasteiger charge is -2.20. The van der Waals surface area contributed by atoms with Gasteiger partial charge in [0.2, 0.25) is 0 Å². The van der Waals surface area contributed by atoms with Crippen molar-refractivity contribution in [2.75, 3.05) is 32.2 Å². The second-order valence-corrected chi connectivity index (χ2v) is 5.74. The maximum absolute atomic E-state index is 13.5. The summed E-state index contributed by atoms with van der Waals surface area (Å²) in [5.41, 5.74) is 0.897. The van der Waals surface area contributed by atoms with E-state index in [1.807, 2.05) is 0 Å². The predicted molar refractivity (Wildman–Crippen MR) is 77.9 cm³/mol. The molecular weight excluding hydrogens is 273 g/mol. The SMILES string of the molecule is COC1CN(c2ncc(F)cc2CNC2CC2)CC1OC. The summed E-state index contributed by atoms with van der Waals surface area (Å²) in [7, 11) is 3.38. The van der Waals surface area contributed by atoms with Crippen molar-refractivity contribution in [3.63, 3.8) is 0 Å². The molecule has 21 heavy (non-hydrogen) atoms. The number of rotatable bonds is 6. The van der Waals surface area contributed by atoms with Crippen molar-refractivity contribution in [1.82, 2.24) is 10.3 Å². The van der Waals surface area contributed by atoms with Crippen LogP contribution in [0.1, 0.15) is 18.4 Å². The van der Waals surface area contributed by atoms with Crippen LogP contribution in [0.4, 0.5) is 10.2 Å². The Morgan fingerprint density at radius 1 is 1.29 bits per heavy atom. The van der Waals surface area contributed by atoms with Gasteiger partial charge in [0.25, 0.3) is 0 Å². The van der Waals surface area contributed by atoms with Crippen molar-refractivity contribution < 1.29 is 13.9 Å². The summed E-state index contributed by atoms with van der Waals surface area (Å²) < 4.78 is 24.4. The molecule has 1 saturated carbocycles. The van der Waals surface area contributed by atoms with E-state index in [-0.39, 0.29) is 18.0 Å². The maximum Gasteiger partial charge on any atom is 0.141 e. The summed E-state index contributed by atoms with van der Waals surface area (Å²) in [6.07, 6.45) is 3.73. The molecule has 1 aliphatic carbocycles. The van der Waals surface area contributed by atoms with Gasteiger partial charge in [-0.05, 0) is 18.9 Å². The molecule has 1 N–H and O–H groups in total. The van der Waals surface area contributed by atoms with Gasteiger partial charge in [0.1, 0.15) is 23.8 Å². The van der Waals surface area contributed by atoms with Gasteiger partial charge >= 0.3 is 0 Å². The van der Waals surface area contributed by atoms with E-state index in [4.69, 9.17) is 9.47 Å². The quantitative estimate of drug-likeness (QED) is 0.858. The van der Waals surface area contributed by atoms with Crippen LogP contribution in [0.25, 0.3) is 0 Å². The van der Waals surface area contributed by atoms with Gasteiger partial charge in [-0.25, -0.2) is 9.37 Å². The average molecular weight is 295 g/mol. The molecule has 5 nitrogen and oxygen atoms in total. The zero-order chi connectivity index (χ0) is 14.8. The highest BCUT2D eigenvalue weighted by molar-refractivity contribution is 5.48. The first-order valence-corrected chi connectivity index (χ1v) is 7.39. The third kappa shape index (κ3) is 3.33. The molecule has 6 heteroatoms. The third-order valence-corrected chi connectivity index (χ3v) is 4.19. The average Bonchev–Trinajstić information content (AvgIpc) is 3.23. The number of anilines is 1. The fourth-order valence-corrected chi connectivity index (χ4v) is 2.80. The molecule has 2 heterocycles. The zero-order valence-electron chi connectivity index (χ0n) is 12.5. The highest BCUT2D eigenvalue weighted by Crippen LogP contribution is 2.26. The molecule has 2 fully saturated rings. The van der Waals surface area contributed by atoms with Gasteiger partial charge in [0.15, 0.2) is 0 Å². The van der Waals surface area contributed by atoms with E-state index in [0.29, 0.717) is 25.7 Å². The molecule has 0 amide bonds. The molecule has 3 rings (SSSR count). The van der Waals surface area contributed by atoms with E-state index in [1.54, 1.807) is 20.3 Å². The van der Waals surface area contributed by atoms with Crippen molar-refractivity contribution in [3.05, 3.63) is 23.6 Å². The van der Waals surface area contributed by atoms with Gasteiger partial charge in [-0.1, -0.05) is 0 Å². The second kappa shape index (κ2) is 6.25. The van der Waals surface area contributed by atoms with Gasteiger partial charge in [-0.2, -0.15) is 0 Å². The van der Waals surface area contributed by atoms with Crippen molar-refractivity contribution in [1.29, 1.82) is 0 Å². The Morgan fingerprint density at radius 3 is 2.52 bits per heavy atom. The van der Waals surface area contributed by atoms with E-state index in [9.17, 15) is 4.39 Å². The van der Waals surface area contributed by atoms with Crippen LogP contribution in [0.15, 0.2) is 12.3 Å². The number of halogens is 1. The summed E-state index contributed by atoms with van der Waals surface area (Å²) in [4.78, 5) is 6.41. The molecule has 1 aromatic heterocycles. The van der Waals surface area contributed by atoms with Crippen LogP contribution >= 0.6 is 0 Å². The third-order valence-electron chi connectivity index (χ3n) is 4.19. The highest BCUT2D eigenvalue weighted by atomic mass is 19.1. The number of pyridine rings is 1. The molecule has 0 spiro atoms. The first kappa shape index (κ1) is 14.7. The van der Waals surface area contributed by atoms with Crippen LogP contribution in [-0.4, -0.2) is 50.5 Å². The van der Waals surface area contributed by atoms with Gasteiger partial charge in [0.05, 0.1) is 6.20 Å². The molecule has 2 atom stereocenters. The van der Waals surface area contributed by atoms with Gasteiger partial charge in [0, 0.05) is 45.5 Å². The number of methoxy groups -OCH3 is 2. The number of nitrogens with zero attached hydrogens (tertiary/aromatic N) is 2. The highest BCUT2D eigenvalue weighted by Gasteiger charge is 2.34. The van der Waals surface area contributed by atoms with E-state index in [2.05, 4.69) is 15.2 Å². The number of hydrogen-bond donors (Lipinski definition) is 1. The molecule has 2 aliphatic rings. The molecule has 2 unspecified atom stereocenters. The zero-order valence-corrected chi connectivity index (χ0v) is 12.5. The summed E-state index contributed by atoms with van der Waals surface area (Å²) in [6, 6.07) is 2.15. The van der Waals surface area contributed by atoms with E-state index in [1.165, 1.54) is 19.0 Å². The van der Waals surface area contributed by atoms with Crippen LogP contribution in [0.2, 0.25) is 0 Å². The van der Waals surface area contributed by atoms with Gasteiger partial charge < -0.3 is 19.7 Å². The summed E-state index contributed by atoms with van der Waals surface area (Å²) in [6.45, 7) is 2.07. The fourth-order valence-electron chi connectivity index (χ4n) is 2.80. The van der Waals surface area contributed by atoms with Crippen LogP contribution in [0.5, 0.6) is 0 Å². The van der Waals surface area contributed by atoms with Crippen LogP contribution in [-0.2, 0) is 16.0 Å². The Morgan fingerprint density at radius 2 is 1.95 bits per heavy atom. The molecular formula is C15H22FN3O2. The van der Waals surface area contributed by atoms with Crippen LogP contribution in [0, 0.1) is 5.82 Å². The molecule has 1 aromatic rings.